The zero-order valence-corrected chi connectivity index (χ0v) is 17.7. The molecule has 7 nitrogen and oxygen atoms in total. The first-order chi connectivity index (χ1) is 11.8. The molecule has 0 aromatic carbocycles. The number of fused-ring (bicyclic) bond motifs is 1. The molecular weight excluding hydrogens is 431 g/mol. The highest BCUT2D eigenvalue weighted by atomic mass is 127. The molecule has 0 saturated carbocycles. The number of guanidine groups is 1. The summed E-state index contributed by atoms with van der Waals surface area (Å²) in [4.78, 5) is 6.76. The van der Waals surface area contributed by atoms with Crippen molar-refractivity contribution < 1.29 is 4.74 Å². The molecule has 1 N–H and O–H groups in total. The Kier molecular flexibility index (Phi) is 8.41. The second-order valence-corrected chi connectivity index (χ2v) is 6.77. The molecule has 2 aliphatic rings. The van der Waals surface area contributed by atoms with Gasteiger partial charge in [-0.15, -0.1) is 34.2 Å². The summed E-state index contributed by atoms with van der Waals surface area (Å²) in [5.41, 5.74) is 0. The molecule has 0 spiro atoms. The molecule has 0 aliphatic carbocycles. The summed E-state index contributed by atoms with van der Waals surface area (Å²) in [5, 5.41) is 12.3. The minimum atomic E-state index is 0. The van der Waals surface area contributed by atoms with E-state index in [-0.39, 0.29) is 24.0 Å². The summed E-state index contributed by atoms with van der Waals surface area (Å²) in [7, 11) is 3.63. The summed E-state index contributed by atoms with van der Waals surface area (Å²) in [5.74, 6) is 3.87. The fourth-order valence-corrected chi connectivity index (χ4v) is 3.75. The van der Waals surface area contributed by atoms with Gasteiger partial charge in [-0.25, -0.2) is 0 Å². The van der Waals surface area contributed by atoms with Crippen molar-refractivity contribution in [3.8, 4) is 0 Å². The third-order valence-corrected chi connectivity index (χ3v) is 5.02. The van der Waals surface area contributed by atoms with Crippen LogP contribution in [0.15, 0.2) is 4.99 Å². The molecule has 1 saturated heterocycles. The van der Waals surface area contributed by atoms with Gasteiger partial charge in [0.1, 0.15) is 11.6 Å². The maximum absolute atomic E-state index is 5.28. The highest BCUT2D eigenvalue weighted by Crippen LogP contribution is 2.17. The van der Waals surface area contributed by atoms with E-state index in [0.717, 1.165) is 63.2 Å². The molecule has 8 heteroatoms. The van der Waals surface area contributed by atoms with Gasteiger partial charge in [0.15, 0.2) is 5.96 Å². The molecule has 25 heavy (non-hydrogen) atoms. The van der Waals surface area contributed by atoms with Gasteiger partial charge in [0.25, 0.3) is 0 Å². The minimum Gasteiger partial charge on any atom is -0.384 e. The fourth-order valence-electron chi connectivity index (χ4n) is 3.75. The summed E-state index contributed by atoms with van der Waals surface area (Å²) in [6.45, 7) is 4.81. The highest BCUT2D eigenvalue weighted by molar-refractivity contribution is 14.0. The summed E-state index contributed by atoms with van der Waals surface area (Å²) >= 11 is 0. The van der Waals surface area contributed by atoms with Crippen molar-refractivity contribution in [2.24, 2.45) is 10.9 Å². The van der Waals surface area contributed by atoms with Crippen molar-refractivity contribution in [2.45, 2.75) is 45.1 Å². The van der Waals surface area contributed by atoms with Crippen LogP contribution in [-0.2, 0) is 24.1 Å². The lowest BCUT2D eigenvalue weighted by molar-refractivity contribution is 0.157. The number of aliphatic imine (C=N–C) groups is 1. The van der Waals surface area contributed by atoms with Gasteiger partial charge in [-0.05, 0) is 19.3 Å². The van der Waals surface area contributed by atoms with Gasteiger partial charge in [-0.2, -0.15) is 0 Å². The number of likely N-dealkylation sites (tertiary alicyclic amines) is 1. The number of methoxy groups -OCH3 is 1. The Morgan fingerprint density at radius 1 is 1.28 bits per heavy atom. The second-order valence-electron chi connectivity index (χ2n) is 6.77. The predicted molar refractivity (Wildman–Crippen MR) is 110 cm³/mol. The Morgan fingerprint density at radius 2 is 2.16 bits per heavy atom. The monoisotopic (exact) mass is 462 g/mol. The second kappa shape index (κ2) is 10.3. The number of ether oxygens (including phenoxy) is 1. The molecule has 0 radical (unpaired) electrons. The van der Waals surface area contributed by atoms with Crippen LogP contribution >= 0.6 is 24.0 Å². The van der Waals surface area contributed by atoms with Crippen LogP contribution in [0.2, 0.25) is 0 Å². The number of aromatic nitrogens is 3. The number of rotatable bonds is 5. The van der Waals surface area contributed by atoms with Gasteiger partial charge in [-0.3, -0.25) is 4.99 Å². The van der Waals surface area contributed by atoms with Gasteiger partial charge in [0.05, 0.1) is 6.61 Å². The number of nitrogens with one attached hydrogen (secondary N) is 1. The zero-order chi connectivity index (χ0) is 16.8. The van der Waals surface area contributed by atoms with E-state index in [1.807, 2.05) is 7.05 Å². The molecular formula is C17H31IN6O. The Bertz CT molecular complexity index is 561. The first-order valence-electron chi connectivity index (χ1n) is 9.17. The van der Waals surface area contributed by atoms with Gasteiger partial charge < -0.3 is 19.5 Å². The maximum Gasteiger partial charge on any atom is 0.193 e. The number of aryl methyl sites for hydroxylation is 1. The van der Waals surface area contributed by atoms with Crippen molar-refractivity contribution in [3.63, 3.8) is 0 Å². The van der Waals surface area contributed by atoms with Crippen molar-refractivity contribution >= 4 is 29.9 Å². The highest BCUT2D eigenvalue weighted by Gasteiger charge is 2.24. The SMILES string of the molecule is CN=C(NCCc1nnc2n1CCCCC2)N1CCC(COC)C1.I. The largest absolute Gasteiger partial charge is 0.384 e. The lowest BCUT2D eigenvalue weighted by Crippen LogP contribution is -2.41. The topological polar surface area (TPSA) is 67.6 Å². The summed E-state index contributed by atoms with van der Waals surface area (Å²) in [6, 6.07) is 0. The molecule has 3 heterocycles. The van der Waals surface area contributed by atoms with Crippen LogP contribution in [0, 0.1) is 5.92 Å². The Balaban J connectivity index is 0.00000225. The van der Waals surface area contributed by atoms with E-state index in [1.54, 1.807) is 7.11 Å². The van der Waals surface area contributed by atoms with E-state index in [9.17, 15) is 0 Å². The van der Waals surface area contributed by atoms with Crippen molar-refractivity contribution in [3.05, 3.63) is 11.6 Å². The van der Waals surface area contributed by atoms with Gasteiger partial charge in [0.2, 0.25) is 0 Å². The van der Waals surface area contributed by atoms with E-state index in [2.05, 4.69) is 30.0 Å². The zero-order valence-electron chi connectivity index (χ0n) is 15.4. The van der Waals surface area contributed by atoms with E-state index < -0.39 is 0 Å². The molecule has 2 aliphatic heterocycles. The first-order valence-corrected chi connectivity index (χ1v) is 9.17. The molecule has 1 aromatic heterocycles. The third kappa shape index (κ3) is 5.29. The van der Waals surface area contributed by atoms with Crippen LogP contribution in [-0.4, -0.2) is 66.0 Å². The van der Waals surface area contributed by atoms with Crippen LogP contribution < -0.4 is 5.32 Å². The third-order valence-electron chi connectivity index (χ3n) is 5.02. The number of hydrogen-bond donors (Lipinski definition) is 1. The summed E-state index contributed by atoms with van der Waals surface area (Å²) in [6.07, 6.45) is 6.90. The smallest absolute Gasteiger partial charge is 0.193 e. The molecule has 1 atom stereocenters. The molecule has 1 fully saturated rings. The van der Waals surface area contributed by atoms with Gasteiger partial charge >= 0.3 is 0 Å². The molecule has 3 rings (SSSR count). The molecule has 0 amide bonds. The lowest BCUT2D eigenvalue weighted by Gasteiger charge is -2.21. The summed E-state index contributed by atoms with van der Waals surface area (Å²) < 4.78 is 7.60. The fraction of sp³-hybridized carbons (Fsp3) is 0.824. The van der Waals surface area contributed by atoms with E-state index in [1.165, 1.54) is 25.7 Å². The van der Waals surface area contributed by atoms with Gasteiger partial charge in [0, 0.05) is 59.1 Å². The van der Waals surface area contributed by atoms with Crippen LogP contribution in [0.5, 0.6) is 0 Å². The number of halogens is 1. The van der Waals surface area contributed by atoms with Crippen molar-refractivity contribution in [1.29, 1.82) is 0 Å². The van der Waals surface area contributed by atoms with E-state index in [4.69, 9.17) is 4.74 Å². The Morgan fingerprint density at radius 3 is 2.96 bits per heavy atom. The number of nitrogens with zero attached hydrogens (tertiary/aromatic N) is 5. The number of hydrogen-bond acceptors (Lipinski definition) is 4. The predicted octanol–water partition coefficient (Wildman–Crippen LogP) is 1.71. The minimum absolute atomic E-state index is 0. The Hall–Kier alpha value is -0.900. The van der Waals surface area contributed by atoms with E-state index >= 15 is 0 Å². The standard InChI is InChI=1S/C17H30N6O.HI/c1-18-17(22-11-8-14(12-22)13-24-2)19-9-7-16-21-20-15-6-4-3-5-10-23(15)16;/h14H,3-13H2,1-2H3,(H,18,19);1H. The van der Waals surface area contributed by atoms with Crippen LogP contribution in [0.25, 0.3) is 0 Å². The molecule has 0 bridgehead atoms. The first kappa shape index (κ1) is 20.4. The van der Waals surface area contributed by atoms with Crippen LogP contribution in [0.3, 0.4) is 0 Å². The van der Waals surface area contributed by atoms with Crippen LogP contribution in [0.1, 0.15) is 37.3 Å². The molecule has 1 aromatic rings. The van der Waals surface area contributed by atoms with Crippen molar-refractivity contribution in [1.82, 2.24) is 25.0 Å². The van der Waals surface area contributed by atoms with Crippen LogP contribution in [0.4, 0.5) is 0 Å². The molecule has 1 unspecified atom stereocenters. The average molecular weight is 462 g/mol. The Labute approximate surface area is 167 Å². The lowest BCUT2D eigenvalue weighted by atomic mass is 10.1. The van der Waals surface area contributed by atoms with Gasteiger partial charge in [-0.1, -0.05) is 6.42 Å². The van der Waals surface area contributed by atoms with Crippen molar-refractivity contribution in [2.75, 3.05) is 40.4 Å². The quantitative estimate of drug-likeness (QED) is 0.410. The normalized spacial score (nSPS) is 20.8. The van der Waals surface area contributed by atoms with E-state index in [0.29, 0.717) is 5.92 Å². The average Bonchev–Trinajstić information content (AvgIpc) is 3.13. The molecule has 142 valence electrons. The maximum atomic E-state index is 5.28.